The summed E-state index contributed by atoms with van der Waals surface area (Å²) >= 11 is 0. The summed E-state index contributed by atoms with van der Waals surface area (Å²) in [6.45, 7) is 0. The molecule has 0 saturated heterocycles. The van der Waals surface area contributed by atoms with Crippen LogP contribution in [-0.4, -0.2) is 4.57 Å². The summed E-state index contributed by atoms with van der Waals surface area (Å²) in [6, 6.07) is 79.0. The fraction of sp³-hybridized carbons (Fsp3) is 0. The molecule has 3 heteroatoms. The Bertz CT molecular complexity index is 3510. The van der Waals surface area contributed by atoms with Gasteiger partial charge in [-0.1, -0.05) is 146 Å². The molecule has 0 saturated carbocycles. The van der Waals surface area contributed by atoms with Gasteiger partial charge in [0.2, 0.25) is 0 Å². The molecule has 59 heavy (non-hydrogen) atoms. The number of rotatable bonds is 6. The second kappa shape index (κ2) is 13.4. The van der Waals surface area contributed by atoms with Gasteiger partial charge in [0, 0.05) is 44.2 Å². The van der Waals surface area contributed by atoms with Gasteiger partial charge in [-0.2, -0.15) is 0 Å². The van der Waals surface area contributed by atoms with Gasteiger partial charge in [-0.3, -0.25) is 0 Å². The Balaban J connectivity index is 1.01. The summed E-state index contributed by atoms with van der Waals surface area (Å²) in [5.74, 6) is 0. The Morgan fingerprint density at radius 3 is 1.75 bits per heavy atom. The van der Waals surface area contributed by atoms with Crippen molar-refractivity contribution in [2.45, 2.75) is 0 Å². The van der Waals surface area contributed by atoms with Gasteiger partial charge in [-0.05, 0) is 111 Å². The summed E-state index contributed by atoms with van der Waals surface area (Å²) in [6.07, 6.45) is 0. The summed E-state index contributed by atoms with van der Waals surface area (Å²) in [7, 11) is 0. The van der Waals surface area contributed by atoms with Crippen molar-refractivity contribution in [3.05, 3.63) is 218 Å². The molecular weight excluding hydrogens is 717 g/mol. The molecule has 0 radical (unpaired) electrons. The molecule has 2 heterocycles. The quantitative estimate of drug-likeness (QED) is 0.169. The number of hydrogen-bond donors (Lipinski definition) is 0. The van der Waals surface area contributed by atoms with Crippen LogP contribution in [0, 0.1) is 0 Å². The second-order valence-electron chi connectivity index (χ2n) is 15.4. The monoisotopic (exact) mass is 752 g/mol. The second-order valence-corrected chi connectivity index (χ2v) is 15.4. The van der Waals surface area contributed by atoms with Crippen LogP contribution in [0.25, 0.3) is 93.2 Å². The number of fused-ring (bicyclic) bond motifs is 8. The largest absolute Gasteiger partial charge is 0.456 e. The minimum absolute atomic E-state index is 0.897. The van der Waals surface area contributed by atoms with E-state index in [1.165, 1.54) is 43.4 Å². The molecule has 0 fully saturated rings. The van der Waals surface area contributed by atoms with E-state index in [0.29, 0.717) is 0 Å². The predicted molar refractivity (Wildman–Crippen MR) is 249 cm³/mol. The van der Waals surface area contributed by atoms with E-state index in [1.54, 1.807) is 0 Å². The van der Waals surface area contributed by atoms with Crippen molar-refractivity contribution in [2.24, 2.45) is 0 Å². The Hall–Kier alpha value is -7.88. The normalized spacial score (nSPS) is 11.7. The highest BCUT2D eigenvalue weighted by Crippen LogP contribution is 2.44. The molecule has 0 amide bonds. The molecule has 10 aromatic carbocycles. The van der Waals surface area contributed by atoms with Crippen LogP contribution in [0.4, 0.5) is 17.1 Å². The molecule has 0 aliphatic carbocycles. The molecule has 0 aliphatic rings. The SMILES string of the molecule is c1cc(-c2ccc3c4ccccc4n(-c4ccc5oc6ccccc6c5c4)c3c2)cc(-c2ccccc2N(c2ccc3ccccc3c2)c2ccc3ccccc3c2)c1. The maximum atomic E-state index is 6.22. The number of furan rings is 1. The first kappa shape index (κ1) is 33.3. The van der Waals surface area contributed by atoms with E-state index in [9.17, 15) is 0 Å². The zero-order valence-electron chi connectivity index (χ0n) is 32.1. The molecule has 0 N–H and O–H groups in total. The number of para-hydroxylation sites is 3. The van der Waals surface area contributed by atoms with Crippen LogP contribution in [0.2, 0.25) is 0 Å². The first-order valence-electron chi connectivity index (χ1n) is 20.2. The average molecular weight is 753 g/mol. The van der Waals surface area contributed by atoms with Crippen LogP contribution in [0.1, 0.15) is 0 Å². The predicted octanol–water partition coefficient (Wildman–Crippen LogP) is 15.8. The van der Waals surface area contributed by atoms with Crippen LogP contribution >= 0.6 is 0 Å². The van der Waals surface area contributed by atoms with Gasteiger partial charge >= 0.3 is 0 Å². The van der Waals surface area contributed by atoms with Crippen molar-refractivity contribution in [3.8, 4) is 27.9 Å². The maximum Gasteiger partial charge on any atom is 0.135 e. The van der Waals surface area contributed by atoms with E-state index in [-0.39, 0.29) is 0 Å². The number of nitrogens with zero attached hydrogens (tertiary/aromatic N) is 2. The summed E-state index contributed by atoms with van der Waals surface area (Å²) in [5, 5.41) is 9.57. The third kappa shape index (κ3) is 5.51. The molecule has 0 spiro atoms. The van der Waals surface area contributed by atoms with Gasteiger partial charge in [0.1, 0.15) is 11.2 Å². The third-order valence-corrected chi connectivity index (χ3v) is 11.9. The summed E-state index contributed by atoms with van der Waals surface area (Å²) in [4.78, 5) is 2.41. The van der Waals surface area contributed by atoms with E-state index in [4.69, 9.17) is 4.42 Å². The lowest BCUT2D eigenvalue weighted by molar-refractivity contribution is 0.669. The van der Waals surface area contributed by atoms with E-state index >= 15 is 0 Å². The smallest absolute Gasteiger partial charge is 0.135 e. The summed E-state index contributed by atoms with van der Waals surface area (Å²) < 4.78 is 8.62. The third-order valence-electron chi connectivity index (χ3n) is 11.9. The number of hydrogen-bond acceptors (Lipinski definition) is 2. The maximum absolute atomic E-state index is 6.22. The average Bonchev–Trinajstić information content (AvgIpc) is 3.84. The Morgan fingerprint density at radius 1 is 0.339 bits per heavy atom. The molecule has 0 bridgehead atoms. The first-order chi connectivity index (χ1) is 29.2. The molecule has 0 atom stereocenters. The van der Waals surface area contributed by atoms with Gasteiger partial charge < -0.3 is 13.9 Å². The van der Waals surface area contributed by atoms with Gasteiger partial charge in [0.15, 0.2) is 0 Å². The highest BCUT2D eigenvalue weighted by atomic mass is 16.3. The molecule has 3 nitrogen and oxygen atoms in total. The molecule has 12 aromatic rings. The van der Waals surface area contributed by atoms with Gasteiger partial charge in [0.05, 0.1) is 16.7 Å². The van der Waals surface area contributed by atoms with Crippen LogP contribution in [0.3, 0.4) is 0 Å². The highest BCUT2D eigenvalue weighted by molar-refractivity contribution is 6.11. The molecule has 0 unspecified atom stereocenters. The molecule has 0 aliphatic heterocycles. The van der Waals surface area contributed by atoms with Crippen molar-refractivity contribution >= 4 is 82.4 Å². The van der Waals surface area contributed by atoms with Gasteiger partial charge in [-0.15, -0.1) is 0 Å². The van der Waals surface area contributed by atoms with Crippen LogP contribution in [0.5, 0.6) is 0 Å². The topological polar surface area (TPSA) is 21.3 Å². The van der Waals surface area contributed by atoms with E-state index in [0.717, 1.165) is 66.9 Å². The Labute approximate surface area is 341 Å². The molecule has 276 valence electrons. The fourth-order valence-corrected chi connectivity index (χ4v) is 9.12. The number of aromatic nitrogens is 1. The van der Waals surface area contributed by atoms with E-state index in [1.807, 2.05) is 12.1 Å². The number of benzene rings is 10. The minimum atomic E-state index is 0.897. The highest BCUT2D eigenvalue weighted by Gasteiger charge is 2.19. The van der Waals surface area contributed by atoms with Crippen LogP contribution in [0.15, 0.2) is 223 Å². The zero-order chi connectivity index (χ0) is 38.9. The lowest BCUT2D eigenvalue weighted by atomic mass is 9.96. The van der Waals surface area contributed by atoms with Crippen molar-refractivity contribution in [1.29, 1.82) is 0 Å². The van der Waals surface area contributed by atoms with Crippen molar-refractivity contribution in [3.63, 3.8) is 0 Å². The molecule has 2 aromatic heterocycles. The Kier molecular flexibility index (Phi) is 7.54. The lowest BCUT2D eigenvalue weighted by Gasteiger charge is -2.28. The van der Waals surface area contributed by atoms with E-state index in [2.05, 4.69) is 216 Å². The fourth-order valence-electron chi connectivity index (χ4n) is 9.12. The standard InChI is InChI=1S/C56H36N2O/c1-3-14-40-33-44(27-24-37(40)12-1)57(45-28-25-38-13-2-4-15-41(38)34-45)52-21-8-5-18-47(52)43-17-11-16-39(32-43)42-26-30-49-48-19-6-9-22-53(48)58(54(49)35-42)46-29-31-56-51(36-46)50-20-7-10-23-55(50)59-56/h1-36H. The summed E-state index contributed by atoms with van der Waals surface area (Å²) in [5.41, 5.74) is 13.2. The van der Waals surface area contributed by atoms with Gasteiger partial charge in [-0.25, -0.2) is 0 Å². The van der Waals surface area contributed by atoms with Gasteiger partial charge in [0.25, 0.3) is 0 Å². The number of anilines is 3. The Morgan fingerprint density at radius 2 is 0.949 bits per heavy atom. The van der Waals surface area contributed by atoms with Crippen molar-refractivity contribution in [2.75, 3.05) is 4.90 Å². The molecule has 12 rings (SSSR count). The molecular formula is C56H36N2O. The lowest BCUT2D eigenvalue weighted by Crippen LogP contribution is -2.11. The van der Waals surface area contributed by atoms with Crippen molar-refractivity contribution < 1.29 is 4.42 Å². The zero-order valence-corrected chi connectivity index (χ0v) is 32.1. The van der Waals surface area contributed by atoms with E-state index < -0.39 is 0 Å². The van der Waals surface area contributed by atoms with Crippen LogP contribution in [-0.2, 0) is 0 Å². The first-order valence-corrected chi connectivity index (χ1v) is 20.2. The van der Waals surface area contributed by atoms with Crippen molar-refractivity contribution in [1.82, 2.24) is 4.57 Å². The minimum Gasteiger partial charge on any atom is -0.456 e. The van der Waals surface area contributed by atoms with Crippen LogP contribution < -0.4 is 4.90 Å².